The number of piperazine rings is 1. The molecule has 0 spiro atoms. The molecule has 5 nitrogen and oxygen atoms in total. The van der Waals surface area contributed by atoms with E-state index >= 15 is 0 Å². The topological polar surface area (TPSA) is 48.1 Å². The highest BCUT2D eigenvalue weighted by Gasteiger charge is 2.29. The molecule has 0 atom stereocenters. The Labute approximate surface area is 262 Å². The molecule has 0 aromatic rings. The van der Waals surface area contributed by atoms with Gasteiger partial charge < -0.3 is 20.4 Å². The van der Waals surface area contributed by atoms with Gasteiger partial charge in [-0.1, -0.05) is 110 Å². The van der Waals surface area contributed by atoms with Gasteiger partial charge in [0.15, 0.2) is 0 Å². The van der Waals surface area contributed by atoms with E-state index in [1.165, 1.54) is 18.3 Å². The summed E-state index contributed by atoms with van der Waals surface area (Å²) in [5, 5.41) is 0. The molecule has 1 fully saturated rings. The van der Waals surface area contributed by atoms with Crippen molar-refractivity contribution in [2.45, 2.75) is 83.6 Å². The average molecular weight is 582 g/mol. The molecule has 5 heteroatoms. The molecule has 0 aliphatic carbocycles. The van der Waals surface area contributed by atoms with Gasteiger partial charge in [-0.3, -0.25) is 0 Å². The molecule has 240 valence electrons. The Bertz CT molecular complexity index is 931. The van der Waals surface area contributed by atoms with E-state index in [1.807, 2.05) is 54.5 Å². The van der Waals surface area contributed by atoms with Crippen LogP contribution in [0, 0.1) is 0 Å². The fraction of sp³-hybridized carbons (Fsp3) is 0.486. The van der Waals surface area contributed by atoms with Gasteiger partial charge in [0.05, 0.1) is 12.2 Å². The zero-order chi connectivity index (χ0) is 32.1. The van der Waals surface area contributed by atoms with Gasteiger partial charge in [-0.15, -0.1) is 0 Å². The first kappa shape index (κ1) is 45.7. The van der Waals surface area contributed by atoms with Crippen LogP contribution in [0.4, 0.5) is 0 Å². The minimum atomic E-state index is 0. The molecule has 0 amide bonds. The number of hydrogen-bond acceptors (Lipinski definition) is 5. The summed E-state index contributed by atoms with van der Waals surface area (Å²) in [5.74, 6) is 1.02. The Morgan fingerprint density at radius 2 is 1.21 bits per heavy atom. The molecule has 42 heavy (non-hydrogen) atoms. The molecule has 2 N–H and O–H groups in total. The minimum Gasteiger partial charge on any atom is -0.368 e. The third kappa shape index (κ3) is 16.2. The first-order valence-corrected chi connectivity index (χ1v) is 15.5. The van der Waals surface area contributed by atoms with E-state index in [-0.39, 0.29) is 7.43 Å². The first-order valence-electron chi connectivity index (χ1n) is 15.5. The number of nitrogens with two attached hydrogens (primary N) is 1. The van der Waals surface area contributed by atoms with E-state index in [2.05, 4.69) is 128 Å². The summed E-state index contributed by atoms with van der Waals surface area (Å²) in [6.45, 7) is 30.7. The standard InChI is InChI=1S/C29H40N4.3C2H6.CH5N.CH4/c1-7-13-18-26(16-10-4)31-20-22-32(23-21-31)29-30-28(12-6)25(15-9-3)24-33(29)27(17-11-5)19-14-8-2;4*1-2;/h7-19H,3,20-24H2,1-2,4-6H3;3*1-2H3;2H2,1H3;1H4/b13-7-,14-8-,16-10-,17-11-,25-15-,26-18+,27-19+,28-12+;;;;;. The van der Waals surface area contributed by atoms with E-state index in [1.54, 1.807) is 0 Å². The van der Waals surface area contributed by atoms with Crippen molar-refractivity contribution in [1.82, 2.24) is 14.7 Å². The van der Waals surface area contributed by atoms with Crippen molar-refractivity contribution in [3.05, 3.63) is 108 Å². The van der Waals surface area contributed by atoms with Gasteiger partial charge in [0.1, 0.15) is 0 Å². The van der Waals surface area contributed by atoms with Crippen molar-refractivity contribution >= 4 is 5.96 Å². The molecule has 2 aliphatic rings. The van der Waals surface area contributed by atoms with Crippen LogP contribution < -0.4 is 5.73 Å². The van der Waals surface area contributed by atoms with E-state index in [4.69, 9.17) is 4.99 Å². The highest BCUT2D eigenvalue weighted by molar-refractivity contribution is 5.86. The lowest BCUT2D eigenvalue weighted by molar-refractivity contribution is 0.212. The van der Waals surface area contributed by atoms with Gasteiger partial charge in [-0.05, 0) is 71.5 Å². The molecular formula is C37H67N5. The van der Waals surface area contributed by atoms with Crippen LogP contribution in [0.2, 0.25) is 0 Å². The van der Waals surface area contributed by atoms with Crippen LogP contribution in [0.3, 0.4) is 0 Å². The van der Waals surface area contributed by atoms with Crippen molar-refractivity contribution in [3.8, 4) is 0 Å². The Balaban J connectivity index is -0.000000737. The van der Waals surface area contributed by atoms with Crippen molar-refractivity contribution in [3.63, 3.8) is 0 Å². The Morgan fingerprint density at radius 3 is 1.64 bits per heavy atom. The van der Waals surface area contributed by atoms with E-state index in [9.17, 15) is 0 Å². The maximum absolute atomic E-state index is 5.13. The molecule has 2 heterocycles. The van der Waals surface area contributed by atoms with Crippen LogP contribution >= 0.6 is 0 Å². The van der Waals surface area contributed by atoms with Crippen molar-refractivity contribution < 1.29 is 0 Å². The molecule has 2 rings (SSSR count). The largest absolute Gasteiger partial charge is 0.368 e. The molecule has 0 aromatic heterocycles. The first-order chi connectivity index (χ1) is 20.1. The maximum atomic E-state index is 5.13. The molecule has 1 saturated heterocycles. The van der Waals surface area contributed by atoms with Crippen LogP contribution in [-0.4, -0.2) is 60.4 Å². The van der Waals surface area contributed by atoms with E-state index in [0.717, 1.165) is 50.1 Å². The highest BCUT2D eigenvalue weighted by atomic mass is 15.4. The fourth-order valence-electron chi connectivity index (χ4n) is 3.94. The lowest BCUT2D eigenvalue weighted by atomic mass is 10.1. The van der Waals surface area contributed by atoms with Gasteiger partial charge in [0, 0.05) is 37.6 Å². The van der Waals surface area contributed by atoms with E-state index in [0.29, 0.717) is 0 Å². The molecule has 0 aromatic carbocycles. The van der Waals surface area contributed by atoms with E-state index < -0.39 is 0 Å². The van der Waals surface area contributed by atoms with Gasteiger partial charge in [-0.25, -0.2) is 4.99 Å². The number of aliphatic imine (C=N–C) groups is 1. The quantitative estimate of drug-likeness (QED) is 0.304. The summed E-state index contributed by atoms with van der Waals surface area (Å²) in [6.07, 6.45) is 27.2. The second kappa shape index (κ2) is 32.2. The molecular weight excluding hydrogens is 514 g/mol. The molecule has 0 saturated carbocycles. The molecule has 0 unspecified atom stereocenters. The predicted octanol–water partition coefficient (Wildman–Crippen LogP) is 9.65. The van der Waals surface area contributed by atoms with Gasteiger partial charge in [0.25, 0.3) is 0 Å². The summed E-state index contributed by atoms with van der Waals surface area (Å²) in [6, 6.07) is 0. The number of rotatable bonds is 7. The maximum Gasteiger partial charge on any atom is 0.206 e. The normalized spacial score (nSPS) is 17.5. The highest BCUT2D eigenvalue weighted by Crippen LogP contribution is 2.26. The minimum absolute atomic E-state index is 0. The summed E-state index contributed by atoms with van der Waals surface area (Å²) in [5.41, 5.74) is 9.09. The summed E-state index contributed by atoms with van der Waals surface area (Å²) < 4.78 is 0. The monoisotopic (exact) mass is 582 g/mol. The van der Waals surface area contributed by atoms with Gasteiger partial charge >= 0.3 is 0 Å². The van der Waals surface area contributed by atoms with Crippen molar-refractivity contribution in [2.75, 3.05) is 39.8 Å². The van der Waals surface area contributed by atoms with Crippen LogP contribution in [0.1, 0.15) is 83.6 Å². The second-order valence-electron chi connectivity index (χ2n) is 7.81. The molecule has 0 radical (unpaired) electrons. The van der Waals surface area contributed by atoms with Gasteiger partial charge in [-0.2, -0.15) is 0 Å². The number of guanidine groups is 1. The Kier molecular flexibility index (Phi) is 35.0. The van der Waals surface area contributed by atoms with Gasteiger partial charge in [0.2, 0.25) is 5.96 Å². The van der Waals surface area contributed by atoms with Crippen LogP contribution in [0.15, 0.2) is 113 Å². The SMILES string of the molecule is C.C=C/C=C1/CN(C(/C=C\C)=C/C=C\C)C(N2CCN(C(/C=C\C)=C/C=C\C)CC2)=N/C1=C/C.CC.CC.CC.CN. The number of nitrogens with zero attached hydrogens (tertiary/aromatic N) is 4. The van der Waals surface area contributed by atoms with Crippen LogP contribution in [0.25, 0.3) is 0 Å². The Hall–Kier alpha value is -3.31. The summed E-state index contributed by atoms with van der Waals surface area (Å²) in [7, 11) is 1.50. The summed E-state index contributed by atoms with van der Waals surface area (Å²) in [4.78, 5) is 12.3. The van der Waals surface area contributed by atoms with Crippen LogP contribution in [-0.2, 0) is 0 Å². The Morgan fingerprint density at radius 1 is 0.738 bits per heavy atom. The second-order valence-corrected chi connectivity index (χ2v) is 7.81. The lowest BCUT2D eigenvalue weighted by Gasteiger charge is -2.43. The van der Waals surface area contributed by atoms with Crippen LogP contribution in [0.5, 0.6) is 0 Å². The predicted molar refractivity (Wildman–Crippen MR) is 196 cm³/mol. The zero-order valence-electron chi connectivity index (χ0n) is 28.6. The average Bonchev–Trinajstić information content (AvgIpc) is 3.05. The number of hydrogen-bond donors (Lipinski definition) is 1. The molecule has 0 bridgehead atoms. The third-order valence-electron chi connectivity index (χ3n) is 5.54. The smallest absolute Gasteiger partial charge is 0.206 e. The lowest BCUT2D eigenvalue weighted by Crippen LogP contribution is -2.54. The molecule has 2 aliphatic heterocycles. The zero-order valence-corrected chi connectivity index (χ0v) is 28.6. The van der Waals surface area contributed by atoms with Crippen molar-refractivity contribution in [2.24, 2.45) is 10.7 Å². The number of allylic oxidation sites excluding steroid dienone is 13. The summed E-state index contributed by atoms with van der Waals surface area (Å²) >= 11 is 0. The van der Waals surface area contributed by atoms with Crippen molar-refractivity contribution in [1.29, 1.82) is 0 Å². The fourth-order valence-corrected chi connectivity index (χ4v) is 3.94. The third-order valence-corrected chi connectivity index (χ3v) is 5.54.